The highest BCUT2D eigenvalue weighted by Gasteiger charge is 2.47. The average Bonchev–Trinajstić information content (AvgIpc) is 2.75. The van der Waals surface area contributed by atoms with Crippen molar-refractivity contribution in [2.45, 2.75) is 31.0 Å². The van der Waals surface area contributed by atoms with Crippen LogP contribution in [0.2, 0.25) is 0 Å². The maximum atomic E-state index is 12.4. The Morgan fingerprint density at radius 2 is 1.90 bits per heavy atom. The van der Waals surface area contributed by atoms with Gasteiger partial charge in [0.2, 0.25) is 6.04 Å². The fourth-order valence-corrected chi connectivity index (χ4v) is 4.99. The molecule has 1 fully saturated rings. The van der Waals surface area contributed by atoms with Crippen LogP contribution in [0.3, 0.4) is 0 Å². The Kier molecular flexibility index (Phi) is 6.11. The predicted octanol–water partition coefficient (Wildman–Crippen LogP) is 4.93. The standard InChI is InChI=1S/C23H22BrN3O3/c24-21-6-2-1-5-19(21)20-11-13-26(15-16-4-3-12-25-14-16)22(23(20)27(29)30)17-7-9-18(28)10-8-17/h1-10,12,14,20,22-23,28H,11,13,15H2/t20-,22+,23-/m0/s1. The summed E-state index contributed by atoms with van der Waals surface area (Å²) in [6, 6.07) is 17.1. The van der Waals surface area contributed by atoms with E-state index in [4.69, 9.17) is 0 Å². The first-order valence-electron chi connectivity index (χ1n) is 9.84. The van der Waals surface area contributed by atoms with Gasteiger partial charge < -0.3 is 5.11 Å². The SMILES string of the molecule is O=[N+]([O-])[C@@H]1[C@@H](c2ccc(O)cc2)N(Cc2cccnc2)CC[C@H]1c1ccccc1Br. The zero-order valence-corrected chi connectivity index (χ0v) is 17.9. The summed E-state index contributed by atoms with van der Waals surface area (Å²) in [6.07, 6.45) is 4.21. The molecule has 7 heteroatoms. The van der Waals surface area contributed by atoms with E-state index in [1.54, 1.807) is 36.7 Å². The van der Waals surface area contributed by atoms with Gasteiger partial charge in [-0.2, -0.15) is 0 Å². The second-order valence-electron chi connectivity index (χ2n) is 7.56. The van der Waals surface area contributed by atoms with Crippen LogP contribution in [0, 0.1) is 10.1 Å². The van der Waals surface area contributed by atoms with Gasteiger partial charge >= 0.3 is 0 Å². The van der Waals surface area contributed by atoms with E-state index in [1.165, 1.54) is 0 Å². The number of aromatic nitrogens is 1. The number of halogens is 1. The molecule has 6 nitrogen and oxygen atoms in total. The van der Waals surface area contributed by atoms with Crippen LogP contribution in [-0.4, -0.2) is 32.5 Å². The van der Waals surface area contributed by atoms with Crippen LogP contribution in [0.5, 0.6) is 5.75 Å². The lowest BCUT2D eigenvalue weighted by Crippen LogP contribution is -2.48. The number of rotatable bonds is 5. The molecular formula is C23H22BrN3O3. The first kappa shape index (κ1) is 20.5. The van der Waals surface area contributed by atoms with Crippen molar-refractivity contribution in [3.8, 4) is 5.75 Å². The average molecular weight is 468 g/mol. The largest absolute Gasteiger partial charge is 0.508 e. The summed E-state index contributed by atoms with van der Waals surface area (Å²) in [6.45, 7) is 1.29. The lowest BCUT2D eigenvalue weighted by Gasteiger charge is -2.41. The van der Waals surface area contributed by atoms with E-state index in [1.807, 2.05) is 36.4 Å². The summed E-state index contributed by atoms with van der Waals surface area (Å²) in [5, 5.41) is 22.1. The van der Waals surface area contributed by atoms with Gasteiger partial charge in [0.25, 0.3) is 0 Å². The van der Waals surface area contributed by atoms with Crippen molar-refractivity contribution in [3.63, 3.8) is 0 Å². The van der Waals surface area contributed by atoms with Crippen LogP contribution in [0.1, 0.15) is 35.1 Å². The number of hydrogen-bond donors (Lipinski definition) is 1. The van der Waals surface area contributed by atoms with Crippen LogP contribution < -0.4 is 0 Å². The zero-order chi connectivity index (χ0) is 21.1. The Morgan fingerprint density at radius 3 is 2.57 bits per heavy atom. The van der Waals surface area contributed by atoms with Crippen LogP contribution in [0.25, 0.3) is 0 Å². The van der Waals surface area contributed by atoms with Gasteiger partial charge in [-0.15, -0.1) is 0 Å². The van der Waals surface area contributed by atoms with E-state index < -0.39 is 12.1 Å². The lowest BCUT2D eigenvalue weighted by molar-refractivity contribution is -0.540. The van der Waals surface area contributed by atoms with Crippen LogP contribution >= 0.6 is 15.9 Å². The van der Waals surface area contributed by atoms with Gasteiger partial charge in [-0.3, -0.25) is 20.0 Å². The van der Waals surface area contributed by atoms with Gasteiger partial charge in [-0.05, 0) is 47.4 Å². The highest BCUT2D eigenvalue weighted by Crippen LogP contribution is 2.43. The first-order valence-corrected chi connectivity index (χ1v) is 10.6. The highest BCUT2D eigenvalue weighted by atomic mass is 79.9. The van der Waals surface area contributed by atoms with E-state index in [0.717, 1.165) is 27.7 Å². The smallest absolute Gasteiger partial charge is 0.239 e. The lowest BCUT2D eigenvalue weighted by atomic mass is 9.78. The number of nitrogens with zero attached hydrogens (tertiary/aromatic N) is 3. The van der Waals surface area contributed by atoms with Gasteiger partial charge in [0, 0.05) is 34.9 Å². The van der Waals surface area contributed by atoms with Gasteiger partial charge in [0.15, 0.2) is 0 Å². The molecule has 1 saturated heterocycles. The molecule has 0 bridgehead atoms. The quantitative estimate of drug-likeness (QED) is 0.425. The number of piperidine rings is 1. The summed E-state index contributed by atoms with van der Waals surface area (Å²) < 4.78 is 0.895. The summed E-state index contributed by atoms with van der Waals surface area (Å²) >= 11 is 3.59. The molecule has 30 heavy (non-hydrogen) atoms. The van der Waals surface area contributed by atoms with Crippen LogP contribution in [0.15, 0.2) is 77.5 Å². The number of phenolic OH excluding ortho intramolecular Hbond substituents is 1. The Bertz CT molecular complexity index is 1010. The molecule has 1 aromatic heterocycles. The second kappa shape index (κ2) is 8.93. The van der Waals surface area contributed by atoms with Gasteiger partial charge in [0.05, 0.1) is 5.92 Å². The molecule has 0 amide bonds. The topological polar surface area (TPSA) is 79.5 Å². The third kappa shape index (κ3) is 4.22. The molecule has 0 radical (unpaired) electrons. The molecule has 4 rings (SSSR count). The van der Waals surface area contributed by atoms with E-state index in [-0.39, 0.29) is 16.6 Å². The molecule has 2 aromatic carbocycles. The second-order valence-corrected chi connectivity index (χ2v) is 8.42. The maximum absolute atomic E-state index is 12.4. The summed E-state index contributed by atoms with van der Waals surface area (Å²) in [4.78, 5) is 18.6. The van der Waals surface area contributed by atoms with Crippen molar-refractivity contribution in [1.82, 2.24) is 9.88 Å². The van der Waals surface area contributed by atoms with Crippen molar-refractivity contribution in [2.75, 3.05) is 6.54 Å². The molecule has 0 aliphatic carbocycles. The number of benzene rings is 2. The summed E-state index contributed by atoms with van der Waals surface area (Å²) in [5.74, 6) is -0.0760. The van der Waals surface area contributed by atoms with Crippen molar-refractivity contribution < 1.29 is 10.0 Å². The molecule has 3 aromatic rings. The van der Waals surface area contributed by atoms with Crippen molar-refractivity contribution in [2.24, 2.45) is 0 Å². The Hall–Kier alpha value is -2.77. The van der Waals surface area contributed by atoms with Gasteiger partial charge in [-0.1, -0.05) is 52.3 Å². The predicted molar refractivity (Wildman–Crippen MR) is 118 cm³/mol. The monoisotopic (exact) mass is 467 g/mol. The van der Waals surface area contributed by atoms with Crippen LogP contribution in [0.4, 0.5) is 0 Å². The molecule has 1 aliphatic rings. The molecule has 2 heterocycles. The van der Waals surface area contributed by atoms with Gasteiger partial charge in [-0.25, -0.2) is 0 Å². The fraction of sp³-hybridized carbons (Fsp3) is 0.261. The molecular weight excluding hydrogens is 446 g/mol. The molecule has 0 unspecified atom stereocenters. The third-order valence-electron chi connectivity index (χ3n) is 5.75. The molecule has 0 saturated carbocycles. The number of pyridine rings is 1. The van der Waals surface area contributed by atoms with Crippen molar-refractivity contribution >= 4 is 15.9 Å². The summed E-state index contributed by atoms with van der Waals surface area (Å²) in [7, 11) is 0. The normalized spacial score (nSPS) is 22.0. The van der Waals surface area contributed by atoms with Crippen molar-refractivity contribution in [1.29, 1.82) is 0 Å². The minimum absolute atomic E-state index is 0.142. The van der Waals surface area contributed by atoms with E-state index in [2.05, 4.69) is 25.8 Å². The molecule has 1 N–H and O–H groups in total. The minimum atomic E-state index is -0.821. The maximum Gasteiger partial charge on any atom is 0.239 e. The summed E-state index contributed by atoms with van der Waals surface area (Å²) in [5.41, 5.74) is 2.81. The number of likely N-dealkylation sites (tertiary alicyclic amines) is 1. The Morgan fingerprint density at radius 1 is 1.13 bits per heavy atom. The zero-order valence-electron chi connectivity index (χ0n) is 16.3. The van der Waals surface area contributed by atoms with E-state index >= 15 is 0 Å². The van der Waals surface area contributed by atoms with E-state index in [9.17, 15) is 15.2 Å². The minimum Gasteiger partial charge on any atom is -0.508 e. The fourth-order valence-electron chi connectivity index (χ4n) is 4.41. The number of nitro groups is 1. The molecule has 154 valence electrons. The number of phenols is 1. The highest BCUT2D eigenvalue weighted by molar-refractivity contribution is 9.10. The molecule has 1 aliphatic heterocycles. The molecule has 3 atom stereocenters. The number of aromatic hydroxyl groups is 1. The Labute approximate surface area is 183 Å². The number of hydrogen-bond acceptors (Lipinski definition) is 5. The van der Waals surface area contributed by atoms with Crippen LogP contribution in [-0.2, 0) is 6.54 Å². The third-order valence-corrected chi connectivity index (χ3v) is 6.47. The first-order chi connectivity index (χ1) is 14.5. The van der Waals surface area contributed by atoms with E-state index in [0.29, 0.717) is 13.0 Å². The van der Waals surface area contributed by atoms with Crippen molar-refractivity contribution in [3.05, 3.63) is 104 Å². The molecule has 0 spiro atoms. The van der Waals surface area contributed by atoms with Gasteiger partial charge in [0.1, 0.15) is 11.8 Å². The Balaban J connectivity index is 1.77.